The van der Waals surface area contributed by atoms with Gasteiger partial charge in [0, 0.05) is 50.6 Å². The van der Waals surface area contributed by atoms with Crippen molar-refractivity contribution in [3.05, 3.63) is 48.1 Å². The van der Waals surface area contributed by atoms with E-state index in [1.165, 1.54) is 0 Å². The summed E-state index contributed by atoms with van der Waals surface area (Å²) in [7, 11) is 1.71. The van der Waals surface area contributed by atoms with Crippen LogP contribution in [-0.2, 0) is 16.0 Å². The fraction of sp³-hybridized carbons (Fsp3) is 0.562. The number of nitrogens with one attached hydrogen (secondary N) is 1. The van der Waals surface area contributed by atoms with Crippen LogP contribution in [0.25, 0.3) is 11.1 Å². The second kappa shape index (κ2) is 15.8. The minimum absolute atomic E-state index is 0.0906. The highest BCUT2D eigenvalue weighted by Crippen LogP contribution is 2.35. The Bertz CT molecular complexity index is 1540. The molecule has 4 aromatic rings. The van der Waals surface area contributed by atoms with E-state index in [0.29, 0.717) is 47.8 Å². The van der Waals surface area contributed by atoms with Gasteiger partial charge in [-0.3, -0.25) is 9.58 Å². The van der Waals surface area contributed by atoms with Gasteiger partial charge in [0.1, 0.15) is 23.9 Å². The molecule has 0 bridgehead atoms. The highest BCUT2D eigenvalue weighted by molar-refractivity contribution is 6.32. The van der Waals surface area contributed by atoms with Gasteiger partial charge in [-0.2, -0.15) is 0 Å². The third-order valence-corrected chi connectivity index (χ3v) is 9.10. The molecule has 4 heterocycles. The minimum Gasteiger partial charge on any atom is -0.487 e. The quantitative estimate of drug-likeness (QED) is 0.198. The zero-order chi connectivity index (χ0) is 32.6. The molecule has 14 nitrogen and oxygen atoms in total. The number of methoxy groups -OCH3 is 1. The Hall–Kier alpha value is -3.85. The summed E-state index contributed by atoms with van der Waals surface area (Å²) in [5.41, 5.74) is 2.43. The largest absolute Gasteiger partial charge is 0.487 e. The number of hydrogen-bond donors (Lipinski definition) is 1. The Labute approximate surface area is 279 Å². The van der Waals surface area contributed by atoms with Gasteiger partial charge in [0.15, 0.2) is 0 Å². The molecule has 252 valence electrons. The number of ether oxygens (including phenoxy) is 4. The highest BCUT2D eigenvalue weighted by atomic mass is 35.5. The summed E-state index contributed by atoms with van der Waals surface area (Å²) in [6, 6.07) is 6.53. The van der Waals surface area contributed by atoms with Crippen LogP contribution in [0.3, 0.4) is 0 Å². The van der Waals surface area contributed by atoms with Crippen LogP contribution in [0.15, 0.2) is 43.1 Å². The standard InChI is InChI=1S/C32H43ClN10O4/c1-22(44-3)10-13-46-31-29(20-43(38-31)27-7-5-26(6-8-27)41-11-14-45-15-12-41)37-32-34-17-25(18-35-32)24-4-9-28(33)30(16-24)47-23(2)19-42-21-36-39-40-42/h4,9,16-18,20-23,26-27H,5-8,10-15,19H2,1-3H3,(H,34,35,37)/t22?,23-,26-,27-/m0/s1. The third kappa shape index (κ3) is 8.74. The highest BCUT2D eigenvalue weighted by Gasteiger charge is 2.29. The predicted molar refractivity (Wildman–Crippen MR) is 176 cm³/mol. The lowest BCUT2D eigenvalue weighted by Gasteiger charge is -2.38. The second-order valence-corrected chi connectivity index (χ2v) is 12.6. The molecule has 1 unspecified atom stereocenters. The molecule has 0 spiro atoms. The lowest BCUT2D eigenvalue weighted by molar-refractivity contribution is 0.00502. The maximum atomic E-state index is 6.46. The molecule has 2 fully saturated rings. The van der Waals surface area contributed by atoms with E-state index >= 15 is 0 Å². The molecule has 0 amide bonds. The van der Waals surface area contributed by atoms with E-state index in [0.717, 1.165) is 75.2 Å². The molecule has 3 aromatic heterocycles. The van der Waals surface area contributed by atoms with Crippen LogP contribution in [0.2, 0.25) is 5.02 Å². The Morgan fingerprint density at radius 1 is 1.02 bits per heavy atom. The van der Waals surface area contributed by atoms with Gasteiger partial charge < -0.3 is 24.3 Å². The molecule has 1 aliphatic carbocycles. The zero-order valence-corrected chi connectivity index (χ0v) is 27.9. The van der Waals surface area contributed by atoms with Gasteiger partial charge in [-0.1, -0.05) is 17.7 Å². The van der Waals surface area contributed by atoms with Crippen molar-refractivity contribution in [3.8, 4) is 22.8 Å². The van der Waals surface area contributed by atoms with Gasteiger partial charge in [-0.25, -0.2) is 14.6 Å². The maximum Gasteiger partial charge on any atom is 0.256 e. The fourth-order valence-electron chi connectivity index (χ4n) is 6.04. The van der Waals surface area contributed by atoms with E-state index < -0.39 is 0 Å². The molecule has 1 aliphatic heterocycles. The van der Waals surface area contributed by atoms with E-state index in [1.807, 2.05) is 32.2 Å². The van der Waals surface area contributed by atoms with Crippen molar-refractivity contribution in [2.75, 3.05) is 45.3 Å². The van der Waals surface area contributed by atoms with Gasteiger partial charge >= 0.3 is 0 Å². The second-order valence-electron chi connectivity index (χ2n) is 12.1. The molecule has 47 heavy (non-hydrogen) atoms. The van der Waals surface area contributed by atoms with Crippen molar-refractivity contribution in [1.82, 2.24) is 44.9 Å². The van der Waals surface area contributed by atoms with Gasteiger partial charge in [-0.15, -0.1) is 10.2 Å². The van der Waals surface area contributed by atoms with Crippen molar-refractivity contribution in [1.29, 1.82) is 0 Å². The summed E-state index contributed by atoms with van der Waals surface area (Å²) in [4.78, 5) is 11.8. The topological polar surface area (TPSA) is 139 Å². The number of halogens is 1. The summed E-state index contributed by atoms with van der Waals surface area (Å²) in [6.45, 7) is 8.64. The minimum atomic E-state index is -0.205. The molecule has 1 N–H and O–H groups in total. The van der Waals surface area contributed by atoms with Crippen LogP contribution in [0.5, 0.6) is 11.6 Å². The van der Waals surface area contributed by atoms with Crippen molar-refractivity contribution in [3.63, 3.8) is 0 Å². The fourth-order valence-corrected chi connectivity index (χ4v) is 6.20. The molecular formula is C32H43ClN10O4. The normalized spacial score (nSPS) is 20.1. The first kappa shape index (κ1) is 33.1. The average Bonchev–Trinajstić information content (AvgIpc) is 3.76. The predicted octanol–water partition coefficient (Wildman–Crippen LogP) is 4.81. The Morgan fingerprint density at radius 2 is 1.79 bits per heavy atom. The summed E-state index contributed by atoms with van der Waals surface area (Å²) in [5, 5.41) is 20.0. The van der Waals surface area contributed by atoms with Crippen LogP contribution >= 0.6 is 11.6 Å². The number of benzene rings is 1. The number of morpholine rings is 1. The number of tetrazole rings is 1. The van der Waals surface area contributed by atoms with Crippen LogP contribution in [0, 0.1) is 0 Å². The first-order valence-corrected chi connectivity index (χ1v) is 16.7. The van der Waals surface area contributed by atoms with Crippen molar-refractivity contribution < 1.29 is 18.9 Å². The van der Waals surface area contributed by atoms with Gasteiger partial charge in [-0.05, 0) is 67.7 Å². The third-order valence-electron chi connectivity index (χ3n) is 8.79. The van der Waals surface area contributed by atoms with E-state index in [9.17, 15) is 0 Å². The van der Waals surface area contributed by atoms with Gasteiger partial charge in [0.05, 0.1) is 49.7 Å². The van der Waals surface area contributed by atoms with Crippen LogP contribution in [0.1, 0.15) is 52.0 Å². The van der Waals surface area contributed by atoms with Crippen molar-refractivity contribution in [2.45, 2.75) is 76.8 Å². The average molecular weight is 667 g/mol. The summed E-state index contributed by atoms with van der Waals surface area (Å²) in [6.07, 6.45) is 12.2. The first-order valence-electron chi connectivity index (χ1n) is 16.3. The maximum absolute atomic E-state index is 6.46. The molecule has 1 saturated heterocycles. The number of rotatable bonds is 14. The zero-order valence-electron chi connectivity index (χ0n) is 27.2. The Kier molecular flexibility index (Phi) is 11.1. The van der Waals surface area contributed by atoms with E-state index in [-0.39, 0.29) is 12.2 Å². The Morgan fingerprint density at radius 3 is 2.51 bits per heavy atom. The van der Waals surface area contributed by atoms with Crippen molar-refractivity contribution >= 4 is 23.2 Å². The molecule has 2 atom stereocenters. The van der Waals surface area contributed by atoms with Gasteiger partial charge in [0.2, 0.25) is 5.95 Å². The molecule has 1 aromatic carbocycles. The number of aromatic nitrogens is 8. The summed E-state index contributed by atoms with van der Waals surface area (Å²) in [5.74, 6) is 1.54. The lowest BCUT2D eigenvalue weighted by Crippen LogP contribution is -2.45. The van der Waals surface area contributed by atoms with Crippen LogP contribution in [0.4, 0.5) is 11.6 Å². The van der Waals surface area contributed by atoms with E-state index in [1.54, 1.807) is 36.6 Å². The molecule has 0 radical (unpaired) electrons. The Balaban J connectivity index is 1.12. The molecule has 2 aliphatic rings. The summed E-state index contributed by atoms with van der Waals surface area (Å²) < 4.78 is 26.9. The molecule has 6 rings (SSSR count). The van der Waals surface area contributed by atoms with Gasteiger partial charge in [0.25, 0.3) is 5.88 Å². The van der Waals surface area contributed by atoms with E-state index in [2.05, 4.69) is 40.4 Å². The first-order chi connectivity index (χ1) is 22.9. The summed E-state index contributed by atoms with van der Waals surface area (Å²) >= 11 is 6.46. The molecular weight excluding hydrogens is 624 g/mol. The smallest absolute Gasteiger partial charge is 0.256 e. The molecule has 1 saturated carbocycles. The van der Waals surface area contributed by atoms with E-state index in [4.69, 9.17) is 35.6 Å². The van der Waals surface area contributed by atoms with Crippen molar-refractivity contribution in [2.24, 2.45) is 0 Å². The lowest BCUT2D eigenvalue weighted by atomic mass is 9.90. The number of nitrogens with zero attached hydrogens (tertiary/aromatic N) is 9. The molecule has 15 heteroatoms. The SMILES string of the molecule is COC(C)CCOc1nn([C@H]2CC[C@H](N3CCOCC3)CC2)cc1Nc1ncc(-c2ccc(Cl)c(O[C@@H](C)Cn3cnnn3)c2)cn1. The monoisotopic (exact) mass is 666 g/mol. The van der Waals surface area contributed by atoms with Crippen LogP contribution < -0.4 is 14.8 Å². The number of hydrogen-bond acceptors (Lipinski definition) is 12. The van der Waals surface area contributed by atoms with Crippen LogP contribution in [-0.4, -0.2) is 103 Å². The number of anilines is 2.